The number of alkyl halides is 1. The highest BCUT2D eigenvalue weighted by Gasteiger charge is 2.37. The van der Waals surface area contributed by atoms with Crippen LogP contribution in [0, 0.1) is 12.8 Å². The Labute approximate surface area is 172 Å². The van der Waals surface area contributed by atoms with Crippen molar-refractivity contribution in [2.24, 2.45) is 5.92 Å². The molecule has 2 aromatic rings. The van der Waals surface area contributed by atoms with Crippen molar-refractivity contribution in [3.05, 3.63) is 47.0 Å². The third kappa shape index (κ3) is 3.43. The SMILES string of the molecule is CCN1C(=O)CC(C)(C)c2cc(C)c(-c3cc([C@@H]4C[C@H]4C)ccc3OCF)cc21. The van der Waals surface area contributed by atoms with E-state index in [-0.39, 0.29) is 11.3 Å². The minimum atomic E-state index is -0.858. The van der Waals surface area contributed by atoms with Crippen LogP contribution in [-0.2, 0) is 10.2 Å². The van der Waals surface area contributed by atoms with Crippen LogP contribution in [0.2, 0.25) is 0 Å². The van der Waals surface area contributed by atoms with Crippen molar-refractivity contribution in [2.45, 2.75) is 58.8 Å². The van der Waals surface area contributed by atoms with Crippen LogP contribution in [0.1, 0.15) is 63.1 Å². The second-order valence-electron chi connectivity index (χ2n) is 9.21. The van der Waals surface area contributed by atoms with Gasteiger partial charge in [0.05, 0.1) is 0 Å². The molecule has 0 N–H and O–H groups in total. The molecule has 0 bridgehead atoms. The van der Waals surface area contributed by atoms with E-state index in [0.717, 1.165) is 22.4 Å². The molecule has 0 spiro atoms. The first-order valence-corrected chi connectivity index (χ1v) is 10.6. The Hall–Kier alpha value is -2.36. The number of hydrogen-bond donors (Lipinski definition) is 0. The summed E-state index contributed by atoms with van der Waals surface area (Å²) in [6.45, 7) is 10.4. The van der Waals surface area contributed by atoms with Crippen molar-refractivity contribution in [1.82, 2.24) is 0 Å². The van der Waals surface area contributed by atoms with Gasteiger partial charge in [-0.1, -0.05) is 32.9 Å². The Balaban J connectivity index is 1.90. The van der Waals surface area contributed by atoms with Crippen LogP contribution in [0.15, 0.2) is 30.3 Å². The molecule has 0 radical (unpaired) electrons. The Morgan fingerprint density at radius 2 is 1.93 bits per heavy atom. The van der Waals surface area contributed by atoms with Crippen molar-refractivity contribution in [3.63, 3.8) is 0 Å². The molecule has 0 aromatic heterocycles. The standard InChI is InChI=1S/C25H30FNO2/c1-6-27-22-12-19(16(3)10-21(22)25(4,5)13-24(27)28)20-11-17(18-9-15(18)2)7-8-23(20)29-14-26/h7-8,10-12,15,18H,6,9,13-14H2,1-5H3/t15-,18-/m1/s1. The lowest BCUT2D eigenvalue weighted by atomic mass is 9.75. The molecule has 0 unspecified atom stereocenters. The van der Waals surface area contributed by atoms with Crippen LogP contribution < -0.4 is 9.64 Å². The van der Waals surface area contributed by atoms with Gasteiger partial charge in [-0.2, -0.15) is 0 Å². The average molecular weight is 396 g/mol. The third-order valence-electron chi connectivity index (χ3n) is 6.61. The largest absolute Gasteiger partial charge is 0.462 e. The third-order valence-corrected chi connectivity index (χ3v) is 6.61. The predicted octanol–water partition coefficient (Wildman–Crippen LogP) is 6.13. The lowest BCUT2D eigenvalue weighted by Crippen LogP contribution is -2.41. The molecular weight excluding hydrogens is 365 g/mol. The highest BCUT2D eigenvalue weighted by atomic mass is 19.1. The average Bonchev–Trinajstić information content (AvgIpc) is 3.39. The number of nitrogens with zero attached hydrogens (tertiary/aromatic N) is 1. The minimum absolute atomic E-state index is 0.153. The van der Waals surface area contributed by atoms with Gasteiger partial charge in [-0.3, -0.25) is 4.79 Å². The summed E-state index contributed by atoms with van der Waals surface area (Å²) >= 11 is 0. The second kappa shape index (κ2) is 7.16. The maximum Gasteiger partial charge on any atom is 0.228 e. The topological polar surface area (TPSA) is 29.5 Å². The Kier molecular flexibility index (Phi) is 4.92. The summed E-state index contributed by atoms with van der Waals surface area (Å²) in [5, 5.41) is 0. The van der Waals surface area contributed by atoms with Gasteiger partial charge in [-0.15, -0.1) is 0 Å². The summed E-state index contributed by atoms with van der Waals surface area (Å²) < 4.78 is 18.4. The van der Waals surface area contributed by atoms with E-state index in [0.29, 0.717) is 30.6 Å². The Morgan fingerprint density at radius 1 is 1.21 bits per heavy atom. The zero-order chi connectivity index (χ0) is 20.9. The predicted molar refractivity (Wildman–Crippen MR) is 115 cm³/mol. The molecule has 0 saturated heterocycles. The van der Waals surface area contributed by atoms with Gasteiger partial charge in [0.1, 0.15) is 5.75 Å². The first-order chi connectivity index (χ1) is 13.8. The molecule has 1 fully saturated rings. The summed E-state index contributed by atoms with van der Waals surface area (Å²) in [7, 11) is 0. The lowest BCUT2D eigenvalue weighted by Gasteiger charge is -2.39. The molecule has 1 saturated carbocycles. The zero-order valence-corrected chi connectivity index (χ0v) is 18.0. The van der Waals surface area contributed by atoms with Crippen LogP contribution in [0.4, 0.5) is 10.1 Å². The van der Waals surface area contributed by atoms with E-state index in [1.165, 1.54) is 17.5 Å². The number of hydrogen-bond acceptors (Lipinski definition) is 2. The number of rotatable bonds is 5. The van der Waals surface area contributed by atoms with Crippen molar-refractivity contribution >= 4 is 11.6 Å². The number of anilines is 1. The monoisotopic (exact) mass is 395 g/mol. The lowest BCUT2D eigenvalue weighted by molar-refractivity contribution is -0.120. The van der Waals surface area contributed by atoms with Gasteiger partial charge in [-0.05, 0) is 72.6 Å². The van der Waals surface area contributed by atoms with Crippen molar-refractivity contribution in [1.29, 1.82) is 0 Å². The number of fused-ring (bicyclic) bond motifs is 1. The van der Waals surface area contributed by atoms with Crippen LogP contribution in [0.5, 0.6) is 5.75 Å². The van der Waals surface area contributed by atoms with Crippen LogP contribution in [0.3, 0.4) is 0 Å². The van der Waals surface area contributed by atoms with Crippen LogP contribution in [0.25, 0.3) is 11.1 Å². The summed E-state index contributed by atoms with van der Waals surface area (Å²) in [5.41, 5.74) is 6.26. The fraction of sp³-hybridized carbons (Fsp3) is 0.480. The number of carbonyl (C=O) groups excluding carboxylic acids is 1. The van der Waals surface area contributed by atoms with Crippen molar-refractivity contribution in [3.8, 4) is 16.9 Å². The molecule has 1 aliphatic carbocycles. The second-order valence-corrected chi connectivity index (χ2v) is 9.21. The van der Waals surface area contributed by atoms with Crippen molar-refractivity contribution < 1.29 is 13.9 Å². The quantitative estimate of drug-likeness (QED) is 0.610. The maximum absolute atomic E-state index is 13.1. The number of ether oxygens (including phenoxy) is 1. The normalized spacial score (nSPS) is 22.4. The molecule has 1 aliphatic heterocycles. The van der Waals surface area contributed by atoms with Crippen LogP contribution in [-0.4, -0.2) is 19.3 Å². The molecule has 2 aliphatic rings. The summed E-state index contributed by atoms with van der Waals surface area (Å²) in [6.07, 6.45) is 1.70. The molecule has 29 heavy (non-hydrogen) atoms. The molecule has 1 amide bonds. The molecule has 1 heterocycles. The molecular formula is C25H30FNO2. The van der Waals surface area contributed by atoms with Crippen LogP contribution >= 0.6 is 0 Å². The molecule has 3 nitrogen and oxygen atoms in total. The van der Waals surface area contributed by atoms with Gasteiger partial charge in [-0.25, -0.2) is 4.39 Å². The zero-order valence-electron chi connectivity index (χ0n) is 18.0. The summed E-state index contributed by atoms with van der Waals surface area (Å²) in [6, 6.07) is 10.4. The number of carbonyl (C=O) groups is 1. The van der Waals surface area contributed by atoms with E-state index in [1.807, 2.05) is 17.9 Å². The van der Waals surface area contributed by atoms with Gasteiger partial charge in [0.25, 0.3) is 0 Å². The van der Waals surface area contributed by atoms with E-state index in [1.54, 1.807) is 0 Å². The van der Waals surface area contributed by atoms with Gasteiger partial charge in [0.15, 0.2) is 0 Å². The van der Waals surface area contributed by atoms with Gasteiger partial charge in [0, 0.05) is 29.6 Å². The van der Waals surface area contributed by atoms with E-state index in [9.17, 15) is 9.18 Å². The summed E-state index contributed by atoms with van der Waals surface area (Å²) in [5.74, 6) is 1.96. The molecule has 4 heteroatoms. The number of benzene rings is 2. The number of aryl methyl sites for hydroxylation is 1. The van der Waals surface area contributed by atoms with E-state index in [4.69, 9.17) is 4.74 Å². The van der Waals surface area contributed by atoms with E-state index < -0.39 is 6.86 Å². The molecule has 154 valence electrons. The smallest absolute Gasteiger partial charge is 0.228 e. The highest BCUT2D eigenvalue weighted by Crippen LogP contribution is 2.50. The Bertz CT molecular complexity index is 966. The number of halogens is 1. The Morgan fingerprint density at radius 3 is 2.55 bits per heavy atom. The van der Waals surface area contributed by atoms with E-state index in [2.05, 4.69) is 52.0 Å². The maximum atomic E-state index is 13.1. The fourth-order valence-electron chi connectivity index (χ4n) is 4.76. The van der Waals surface area contributed by atoms with Crippen molar-refractivity contribution in [2.75, 3.05) is 18.3 Å². The summed E-state index contributed by atoms with van der Waals surface area (Å²) in [4.78, 5) is 14.6. The van der Waals surface area contributed by atoms with Gasteiger partial charge >= 0.3 is 0 Å². The molecule has 4 rings (SSSR count). The van der Waals surface area contributed by atoms with Gasteiger partial charge in [0.2, 0.25) is 12.8 Å². The van der Waals surface area contributed by atoms with E-state index >= 15 is 0 Å². The first-order valence-electron chi connectivity index (χ1n) is 10.6. The highest BCUT2D eigenvalue weighted by molar-refractivity contribution is 5.99. The molecule has 2 atom stereocenters. The first kappa shape index (κ1) is 19.9. The molecule has 2 aromatic carbocycles. The minimum Gasteiger partial charge on any atom is -0.462 e. The van der Waals surface area contributed by atoms with Gasteiger partial charge < -0.3 is 9.64 Å². The fourth-order valence-corrected chi connectivity index (χ4v) is 4.76. The number of amides is 1.